The topological polar surface area (TPSA) is 27.5 Å². The zero-order valence-corrected chi connectivity index (χ0v) is 21.4. The van der Waals surface area contributed by atoms with Crippen LogP contribution in [0.5, 0.6) is 0 Å². The van der Waals surface area contributed by atoms with Gasteiger partial charge in [0.15, 0.2) is 0 Å². The molecule has 0 aliphatic carbocycles. The van der Waals surface area contributed by atoms with E-state index in [1.807, 2.05) is 18.2 Å². The highest BCUT2D eigenvalue weighted by Gasteiger charge is 2.39. The molecule has 2 saturated heterocycles. The molecule has 2 aromatic carbocycles. The lowest BCUT2D eigenvalue weighted by Crippen LogP contribution is -2.44. The van der Waals surface area contributed by atoms with Crippen molar-refractivity contribution in [3.05, 3.63) is 64.9 Å². The van der Waals surface area contributed by atoms with E-state index in [0.29, 0.717) is 18.0 Å². The maximum atomic E-state index is 13.7. The Morgan fingerprint density at radius 2 is 1.67 bits per heavy atom. The first-order valence-corrected chi connectivity index (χ1v) is 12.8. The van der Waals surface area contributed by atoms with E-state index >= 15 is 0 Å². The second kappa shape index (κ2) is 9.98. The lowest BCUT2D eigenvalue weighted by Gasteiger charge is -2.36. The van der Waals surface area contributed by atoms with Crippen molar-refractivity contribution in [3.8, 4) is 11.1 Å². The van der Waals surface area contributed by atoms with Gasteiger partial charge in [0.05, 0.1) is 12.2 Å². The minimum Gasteiger partial charge on any atom is -0.369 e. The molecule has 192 valence electrons. The maximum absolute atomic E-state index is 13.7. The quantitative estimate of drug-likeness (QED) is 0.416. The molecule has 0 saturated carbocycles. The fourth-order valence-electron chi connectivity index (χ4n) is 5.38. The Balaban J connectivity index is 1.42. The molecule has 36 heavy (non-hydrogen) atoms. The molecule has 0 radical (unpaired) electrons. The van der Waals surface area contributed by atoms with Crippen molar-refractivity contribution in [3.63, 3.8) is 0 Å². The van der Waals surface area contributed by atoms with Crippen LogP contribution >= 0.6 is 11.6 Å². The van der Waals surface area contributed by atoms with E-state index in [1.165, 1.54) is 23.5 Å². The van der Waals surface area contributed by atoms with Crippen LogP contribution in [0.25, 0.3) is 11.1 Å². The molecule has 1 aromatic heterocycles. The van der Waals surface area contributed by atoms with E-state index in [1.54, 1.807) is 0 Å². The molecule has 2 aliphatic rings. The highest BCUT2D eigenvalue weighted by Crippen LogP contribution is 2.39. The average Bonchev–Trinajstić information content (AvgIpc) is 3.27. The number of aromatic nitrogens is 2. The monoisotopic (exact) mass is 517 g/mol. The van der Waals surface area contributed by atoms with Crippen molar-refractivity contribution in [2.45, 2.75) is 32.0 Å². The van der Waals surface area contributed by atoms with E-state index in [2.05, 4.69) is 51.1 Å². The molecule has 3 heterocycles. The number of aryl methyl sites for hydroxylation is 1. The number of piperazine rings is 1. The average molecular weight is 518 g/mol. The van der Waals surface area contributed by atoms with Gasteiger partial charge in [0.25, 0.3) is 0 Å². The van der Waals surface area contributed by atoms with Crippen LogP contribution < -0.4 is 9.80 Å². The first-order valence-electron chi connectivity index (χ1n) is 12.4. The molecule has 2 aliphatic heterocycles. The summed E-state index contributed by atoms with van der Waals surface area (Å²) in [5.74, 6) is 0. The second-order valence-electron chi connectivity index (χ2n) is 9.86. The Kier molecular flexibility index (Phi) is 6.92. The zero-order chi connectivity index (χ0) is 25.4. The summed E-state index contributed by atoms with van der Waals surface area (Å²) in [7, 11) is 2.14. The van der Waals surface area contributed by atoms with Crippen LogP contribution in [-0.2, 0) is 6.18 Å². The molecule has 9 heteroatoms. The molecule has 3 aromatic rings. The number of likely N-dealkylation sites (N-methyl/N-ethyl adjacent to an activating group) is 1. The zero-order valence-electron chi connectivity index (χ0n) is 20.6. The lowest BCUT2D eigenvalue weighted by molar-refractivity contribution is -0.145. The molecular weight excluding hydrogens is 487 g/mol. The summed E-state index contributed by atoms with van der Waals surface area (Å²) >= 11 is 6.40. The van der Waals surface area contributed by atoms with Crippen molar-refractivity contribution < 1.29 is 13.2 Å². The summed E-state index contributed by atoms with van der Waals surface area (Å²) in [6, 6.07) is 14.0. The van der Waals surface area contributed by atoms with Gasteiger partial charge in [-0.2, -0.15) is 18.3 Å². The largest absolute Gasteiger partial charge is 0.433 e. The van der Waals surface area contributed by atoms with Crippen LogP contribution in [0, 0.1) is 6.92 Å². The summed E-state index contributed by atoms with van der Waals surface area (Å²) in [4.78, 5) is 6.88. The third-order valence-electron chi connectivity index (χ3n) is 7.34. The number of anilines is 2. The van der Waals surface area contributed by atoms with Gasteiger partial charge in [-0.3, -0.25) is 4.68 Å². The molecule has 0 amide bonds. The predicted octanol–water partition coefficient (Wildman–Crippen LogP) is 6.12. The number of piperidine rings is 1. The Labute approximate surface area is 215 Å². The molecule has 1 unspecified atom stereocenters. The number of halogens is 4. The Morgan fingerprint density at radius 3 is 2.36 bits per heavy atom. The Bertz CT molecular complexity index is 1200. The minimum absolute atomic E-state index is 0.156. The number of hydrogen-bond donors (Lipinski definition) is 0. The van der Waals surface area contributed by atoms with E-state index in [4.69, 9.17) is 11.6 Å². The summed E-state index contributed by atoms with van der Waals surface area (Å²) in [5.41, 5.74) is 3.74. The third-order valence-corrected chi connectivity index (χ3v) is 7.57. The van der Waals surface area contributed by atoms with Crippen molar-refractivity contribution in [2.75, 3.05) is 56.1 Å². The van der Waals surface area contributed by atoms with Gasteiger partial charge in [0.1, 0.15) is 5.69 Å². The predicted molar refractivity (Wildman–Crippen MR) is 139 cm³/mol. The third kappa shape index (κ3) is 5.06. The minimum atomic E-state index is -4.43. The van der Waals surface area contributed by atoms with Gasteiger partial charge in [0.2, 0.25) is 0 Å². The molecule has 2 fully saturated rings. The number of benzene rings is 2. The smallest absolute Gasteiger partial charge is 0.369 e. The van der Waals surface area contributed by atoms with Crippen LogP contribution in [0.2, 0.25) is 5.02 Å². The Morgan fingerprint density at radius 1 is 0.944 bits per heavy atom. The maximum Gasteiger partial charge on any atom is 0.433 e. The summed E-state index contributed by atoms with van der Waals surface area (Å²) in [6.07, 6.45) is -1.70. The summed E-state index contributed by atoms with van der Waals surface area (Å²) in [5, 5.41) is 4.73. The van der Waals surface area contributed by atoms with Gasteiger partial charge >= 0.3 is 6.18 Å². The van der Waals surface area contributed by atoms with Gasteiger partial charge in [-0.05, 0) is 62.2 Å². The number of rotatable bonds is 4. The molecule has 5 nitrogen and oxygen atoms in total. The molecule has 1 atom stereocenters. The van der Waals surface area contributed by atoms with Crippen LogP contribution in [0.3, 0.4) is 0 Å². The van der Waals surface area contributed by atoms with Crippen LogP contribution in [0.4, 0.5) is 24.5 Å². The van der Waals surface area contributed by atoms with E-state index < -0.39 is 11.9 Å². The van der Waals surface area contributed by atoms with Gasteiger partial charge in [0, 0.05) is 61.2 Å². The van der Waals surface area contributed by atoms with Gasteiger partial charge in [-0.15, -0.1) is 0 Å². The SMILES string of the molecule is Cc1cnn(C2CCCN(c3cc(Cl)ccc3-c3ccc(N4CCN(C)CC4)cc3)C2)c1C(F)(F)F. The first-order chi connectivity index (χ1) is 17.2. The van der Waals surface area contributed by atoms with Crippen molar-refractivity contribution in [1.82, 2.24) is 14.7 Å². The summed E-state index contributed by atoms with van der Waals surface area (Å²) in [6.45, 7) is 6.76. The summed E-state index contributed by atoms with van der Waals surface area (Å²) < 4.78 is 42.4. The van der Waals surface area contributed by atoms with Gasteiger partial charge in [-0.25, -0.2) is 0 Å². The van der Waals surface area contributed by atoms with Crippen LogP contribution in [0.15, 0.2) is 48.7 Å². The fourth-order valence-corrected chi connectivity index (χ4v) is 5.55. The Hall–Kier alpha value is -2.71. The number of hydrogen-bond acceptors (Lipinski definition) is 4. The lowest BCUT2D eigenvalue weighted by atomic mass is 9.99. The standard InChI is InChI=1S/C27H31ClF3N5/c1-19-17-32-36(26(19)27(29,30)31)23-4-3-11-35(18-23)25-16-21(28)7-10-24(25)20-5-8-22(9-6-20)34-14-12-33(2)13-15-34/h5-10,16-17,23H,3-4,11-15,18H2,1-2H3. The van der Waals surface area contributed by atoms with Crippen molar-refractivity contribution >= 4 is 23.0 Å². The number of nitrogens with zero attached hydrogens (tertiary/aromatic N) is 5. The molecule has 0 bridgehead atoms. The molecule has 0 N–H and O–H groups in total. The highest BCUT2D eigenvalue weighted by molar-refractivity contribution is 6.31. The molecule has 0 spiro atoms. The molecular formula is C27H31ClF3N5. The van der Waals surface area contributed by atoms with Crippen molar-refractivity contribution in [2.24, 2.45) is 0 Å². The van der Waals surface area contributed by atoms with Gasteiger partial charge in [-0.1, -0.05) is 29.8 Å². The first kappa shape index (κ1) is 25.0. The highest BCUT2D eigenvalue weighted by atomic mass is 35.5. The second-order valence-corrected chi connectivity index (χ2v) is 10.3. The fraction of sp³-hybridized carbons (Fsp3) is 0.444. The van der Waals surface area contributed by atoms with E-state index in [9.17, 15) is 13.2 Å². The molecule has 5 rings (SSSR count). The van der Waals surface area contributed by atoms with Crippen LogP contribution in [-0.4, -0.2) is 61.0 Å². The van der Waals surface area contributed by atoms with E-state index in [-0.39, 0.29) is 11.6 Å². The van der Waals surface area contributed by atoms with E-state index in [0.717, 1.165) is 56.0 Å². The number of alkyl halides is 3. The van der Waals surface area contributed by atoms with Gasteiger partial charge < -0.3 is 14.7 Å². The van der Waals surface area contributed by atoms with Crippen LogP contribution in [0.1, 0.15) is 30.1 Å². The van der Waals surface area contributed by atoms with Crippen molar-refractivity contribution in [1.29, 1.82) is 0 Å². The normalized spacial score (nSPS) is 19.7.